The summed E-state index contributed by atoms with van der Waals surface area (Å²) in [5, 5.41) is 19.8. The molecule has 7 nitrogen and oxygen atoms in total. The van der Waals surface area contributed by atoms with Crippen LogP contribution in [0.1, 0.15) is 66.3 Å². The Morgan fingerprint density at radius 2 is 1.97 bits per heavy atom. The molecular formula is C24H30N6O. The predicted molar refractivity (Wildman–Crippen MR) is 118 cm³/mol. The Labute approximate surface area is 182 Å². The van der Waals surface area contributed by atoms with Crippen molar-refractivity contribution >= 4 is 5.91 Å². The quantitative estimate of drug-likeness (QED) is 0.644. The normalized spacial score (nSPS) is 18.1. The number of nitrogens with zero attached hydrogens (tertiary/aromatic N) is 4. The molecular weight excluding hydrogens is 388 g/mol. The van der Waals surface area contributed by atoms with E-state index in [9.17, 15) is 4.79 Å². The number of carbonyl (C=O) groups excluding carboxylic acids is 1. The molecule has 1 unspecified atom stereocenters. The number of carbonyl (C=O) groups is 1. The fraction of sp³-hybridized carbons (Fsp3) is 0.500. The lowest BCUT2D eigenvalue weighted by Gasteiger charge is -2.16. The van der Waals surface area contributed by atoms with E-state index >= 15 is 0 Å². The van der Waals surface area contributed by atoms with E-state index in [-0.39, 0.29) is 11.9 Å². The number of amides is 1. The van der Waals surface area contributed by atoms with Gasteiger partial charge in [0.15, 0.2) is 0 Å². The van der Waals surface area contributed by atoms with Crippen molar-refractivity contribution in [2.45, 2.75) is 76.8 Å². The van der Waals surface area contributed by atoms with Crippen molar-refractivity contribution < 1.29 is 4.79 Å². The number of H-pyrrole nitrogens is 1. The maximum absolute atomic E-state index is 12.6. The Balaban J connectivity index is 1.14. The molecule has 2 aromatic heterocycles. The van der Waals surface area contributed by atoms with Crippen LogP contribution in [0.15, 0.2) is 30.3 Å². The van der Waals surface area contributed by atoms with E-state index in [1.165, 1.54) is 29.7 Å². The minimum atomic E-state index is 0.125. The summed E-state index contributed by atoms with van der Waals surface area (Å²) in [5.41, 5.74) is 4.96. The molecule has 0 spiro atoms. The molecule has 0 radical (unpaired) electrons. The molecule has 162 valence electrons. The number of benzene rings is 1. The van der Waals surface area contributed by atoms with E-state index in [0.29, 0.717) is 6.42 Å². The summed E-state index contributed by atoms with van der Waals surface area (Å²) in [6, 6.07) is 10.6. The first-order valence-electron chi connectivity index (χ1n) is 11.6. The largest absolute Gasteiger partial charge is 0.353 e. The van der Waals surface area contributed by atoms with Crippen LogP contribution in [0.3, 0.4) is 0 Å². The van der Waals surface area contributed by atoms with E-state index in [1.807, 2.05) is 6.07 Å². The number of hydrogen-bond acceptors (Lipinski definition) is 4. The van der Waals surface area contributed by atoms with E-state index in [2.05, 4.69) is 54.5 Å². The Morgan fingerprint density at radius 1 is 1.10 bits per heavy atom. The van der Waals surface area contributed by atoms with Gasteiger partial charge < -0.3 is 9.88 Å². The number of hydrogen-bond donors (Lipinski definition) is 2. The van der Waals surface area contributed by atoms with Gasteiger partial charge in [-0.3, -0.25) is 9.89 Å². The van der Waals surface area contributed by atoms with Crippen molar-refractivity contribution in [1.29, 1.82) is 0 Å². The van der Waals surface area contributed by atoms with Crippen LogP contribution in [0, 0.1) is 0 Å². The molecule has 0 fully saturated rings. The first-order chi connectivity index (χ1) is 15.3. The number of aromatic amines is 1. The summed E-state index contributed by atoms with van der Waals surface area (Å²) >= 11 is 0. The molecule has 2 aliphatic rings. The van der Waals surface area contributed by atoms with Gasteiger partial charge in [-0.15, -0.1) is 10.2 Å². The predicted octanol–water partition coefficient (Wildman–Crippen LogP) is 2.92. The van der Waals surface area contributed by atoms with Gasteiger partial charge in [0, 0.05) is 44.0 Å². The molecule has 1 atom stereocenters. The molecule has 0 saturated heterocycles. The van der Waals surface area contributed by atoms with Crippen LogP contribution >= 0.6 is 0 Å². The van der Waals surface area contributed by atoms with Gasteiger partial charge in [0.05, 0.1) is 5.69 Å². The molecule has 5 rings (SSSR count). The van der Waals surface area contributed by atoms with Gasteiger partial charge >= 0.3 is 0 Å². The van der Waals surface area contributed by atoms with E-state index < -0.39 is 0 Å². The summed E-state index contributed by atoms with van der Waals surface area (Å²) in [6.45, 7) is 0.850. The zero-order valence-corrected chi connectivity index (χ0v) is 17.9. The molecule has 31 heavy (non-hydrogen) atoms. The average Bonchev–Trinajstić information content (AvgIpc) is 3.32. The lowest BCUT2D eigenvalue weighted by atomic mass is 9.94. The van der Waals surface area contributed by atoms with Gasteiger partial charge in [-0.25, -0.2) is 0 Å². The van der Waals surface area contributed by atoms with Crippen molar-refractivity contribution in [2.24, 2.45) is 0 Å². The van der Waals surface area contributed by atoms with E-state index in [0.717, 1.165) is 68.8 Å². The summed E-state index contributed by atoms with van der Waals surface area (Å²) < 4.78 is 2.25. The number of nitrogens with one attached hydrogen (secondary N) is 2. The Kier molecular flexibility index (Phi) is 5.82. The standard InChI is InChI=1S/C24H30N6O/c31-24(13-11-21-19-8-4-5-9-20(19)26-27-21)25-18-10-12-22-28-29-23(30(22)15-14-18)16-17-6-2-1-3-7-17/h1-3,6-7,18H,4-5,8-16H2,(H,25,31)(H,26,27). The van der Waals surface area contributed by atoms with Crippen molar-refractivity contribution in [3.63, 3.8) is 0 Å². The number of aromatic nitrogens is 5. The summed E-state index contributed by atoms with van der Waals surface area (Å²) in [7, 11) is 0. The average molecular weight is 419 g/mol. The lowest BCUT2D eigenvalue weighted by Crippen LogP contribution is -2.35. The summed E-state index contributed by atoms with van der Waals surface area (Å²) in [4.78, 5) is 12.6. The van der Waals surface area contributed by atoms with Gasteiger partial charge in [0.1, 0.15) is 11.6 Å². The number of fused-ring (bicyclic) bond motifs is 2. The molecule has 2 N–H and O–H groups in total. The third-order valence-corrected chi connectivity index (χ3v) is 6.62. The van der Waals surface area contributed by atoms with Crippen molar-refractivity contribution in [2.75, 3.05) is 0 Å². The first kappa shape index (κ1) is 20.0. The molecule has 0 saturated carbocycles. The van der Waals surface area contributed by atoms with Crippen LogP contribution in [0.2, 0.25) is 0 Å². The third kappa shape index (κ3) is 4.55. The topological polar surface area (TPSA) is 88.5 Å². The van der Waals surface area contributed by atoms with Crippen molar-refractivity contribution in [3.8, 4) is 0 Å². The van der Waals surface area contributed by atoms with Gasteiger partial charge in [0.25, 0.3) is 0 Å². The fourth-order valence-electron chi connectivity index (χ4n) is 4.89. The summed E-state index contributed by atoms with van der Waals surface area (Å²) in [6.07, 6.45) is 9.32. The van der Waals surface area contributed by atoms with Crippen LogP contribution in [-0.4, -0.2) is 36.9 Å². The number of aryl methyl sites for hydroxylation is 3. The monoisotopic (exact) mass is 418 g/mol. The highest BCUT2D eigenvalue weighted by molar-refractivity contribution is 5.76. The van der Waals surface area contributed by atoms with E-state index in [1.54, 1.807) is 0 Å². The van der Waals surface area contributed by atoms with Gasteiger partial charge in [-0.05, 0) is 49.7 Å². The number of rotatable bonds is 6. The van der Waals surface area contributed by atoms with Crippen LogP contribution < -0.4 is 5.32 Å². The zero-order chi connectivity index (χ0) is 21.0. The lowest BCUT2D eigenvalue weighted by molar-refractivity contribution is -0.121. The van der Waals surface area contributed by atoms with Crippen molar-refractivity contribution in [1.82, 2.24) is 30.3 Å². The van der Waals surface area contributed by atoms with Crippen molar-refractivity contribution in [3.05, 3.63) is 64.5 Å². The highest BCUT2D eigenvalue weighted by atomic mass is 16.1. The fourth-order valence-corrected chi connectivity index (χ4v) is 4.89. The summed E-state index contributed by atoms with van der Waals surface area (Å²) in [5.74, 6) is 2.17. The van der Waals surface area contributed by atoms with Crippen LogP contribution in [0.4, 0.5) is 0 Å². The second-order valence-corrected chi connectivity index (χ2v) is 8.77. The van der Waals surface area contributed by atoms with Crippen LogP contribution in [0.25, 0.3) is 0 Å². The second-order valence-electron chi connectivity index (χ2n) is 8.77. The second kappa shape index (κ2) is 9.04. The maximum atomic E-state index is 12.6. The smallest absolute Gasteiger partial charge is 0.220 e. The molecule has 1 aliphatic carbocycles. The minimum absolute atomic E-state index is 0.125. The van der Waals surface area contributed by atoms with Gasteiger partial charge in [0.2, 0.25) is 5.91 Å². The highest BCUT2D eigenvalue weighted by Crippen LogP contribution is 2.23. The molecule has 3 heterocycles. The van der Waals surface area contributed by atoms with E-state index in [4.69, 9.17) is 0 Å². The third-order valence-electron chi connectivity index (χ3n) is 6.62. The first-order valence-corrected chi connectivity index (χ1v) is 11.6. The Bertz CT molecular complexity index is 1040. The maximum Gasteiger partial charge on any atom is 0.220 e. The van der Waals surface area contributed by atoms with Gasteiger partial charge in [-0.1, -0.05) is 30.3 Å². The molecule has 7 heteroatoms. The molecule has 1 amide bonds. The highest BCUT2D eigenvalue weighted by Gasteiger charge is 2.22. The molecule has 0 bridgehead atoms. The molecule has 3 aromatic rings. The van der Waals surface area contributed by atoms with Crippen LogP contribution in [0.5, 0.6) is 0 Å². The molecule has 1 aliphatic heterocycles. The van der Waals surface area contributed by atoms with Gasteiger partial charge in [-0.2, -0.15) is 5.10 Å². The van der Waals surface area contributed by atoms with Crippen LogP contribution in [-0.2, 0) is 43.4 Å². The molecule has 1 aromatic carbocycles. The zero-order valence-electron chi connectivity index (χ0n) is 17.9. The SMILES string of the molecule is O=C(CCc1n[nH]c2c1CCCC2)NC1CCc2nnc(Cc3ccccc3)n2CC1. The Hall–Kier alpha value is -2.96. The minimum Gasteiger partial charge on any atom is -0.353 e. The Morgan fingerprint density at radius 3 is 2.87 bits per heavy atom.